The highest BCUT2D eigenvalue weighted by Crippen LogP contribution is 2.14. The number of nitrogens with zero attached hydrogens (tertiary/aromatic N) is 3. The first-order valence-electron chi connectivity index (χ1n) is 5.43. The van der Waals surface area contributed by atoms with E-state index in [1.54, 1.807) is 13.2 Å². The van der Waals surface area contributed by atoms with Crippen molar-refractivity contribution < 1.29 is 13.2 Å². The molecule has 18 heavy (non-hydrogen) atoms. The van der Waals surface area contributed by atoms with Crippen molar-refractivity contribution in [2.75, 3.05) is 19.6 Å². The number of sulfonamides is 1. The van der Waals surface area contributed by atoms with Gasteiger partial charge in [0, 0.05) is 39.1 Å². The van der Waals surface area contributed by atoms with E-state index < -0.39 is 22.0 Å². The van der Waals surface area contributed by atoms with E-state index in [0.29, 0.717) is 13.1 Å². The SMILES string of the molecule is Cn1ccnc1S(=O)(=O)N1CCNC(C(N)=O)C1. The molecule has 1 aliphatic rings. The number of rotatable bonds is 3. The largest absolute Gasteiger partial charge is 0.368 e. The smallest absolute Gasteiger partial charge is 0.277 e. The summed E-state index contributed by atoms with van der Waals surface area (Å²) in [6, 6.07) is -0.659. The summed E-state index contributed by atoms with van der Waals surface area (Å²) in [6.45, 7) is 0.709. The van der Waals surface area contributed by atoms with Gasteiger partial charge in [-0.25, -0.2) is 13.4 Å². The molecule has 0 aliphatic carbocycles. The fraction of sp³-hybridized carbons (Fsp3) is 0.556. The Kier molecular flexibility index (Phi) is 3.37. The van der Waals surface area contributed by atoms with Gasteiger partial charge < -0.3 is 15.6 Å². The number of piperazine rings is 1. The maximum atomic E-state index is 12.3. The average Bonchev–Trinajstić information content (AvgIpc) is 2.76. The minimum Gasteiger partial charge on any atom is -0.368 e. The van der Waals surface area contributed by atoms with Gasteiger partial charge in [-0.3, -0.25) is 4.79 Å². The Morgan fingerprint density at radius 1 is 1.61 bits per heavy atom. The second kappa shape index (κ2) is 4.67. The van der Waals surface area contributed by atoms with E-state index in [-0.39, 0.29) is 11.7 Å². The Morgan fingerprint density at radius 3 is 2.89 bits per heavy atom. The van der Waals surface area contributed by atoms with Crippen LogP contribution in [0.3, 0.4) is 0 Å². The third-order valence-corrected chi connectivity index (χ3v) is 4.70. The average molecular weight is 273 g/mol. The fourth-order valence-corrected chi connectivity index (χ4v) is 3.37. The minimum atomic E-state index is -3.68. The summed E-state index contributed by atoms with van der Waals surface area (Å²) in [5.74, 6) is -0.560. The number of imidazole rings is 1. The normalized spacial score (nSPS) is 21.9. The van der Waals surface area contributed by atoms with Gasteiger partial charge in [-0.05, 0) is 0 Å². The van der Waals surface area contributed by atoms with E-state index in [1.807, 2.05) is 0 Å². The summed E-state index contributed by atoms with van der Waals surface area (Å²) in [5, 5.41) is 2.84. The number of hydrogen-bond acceptors (Lipinski definition) is 5. The van der Waals surface area contributed by atoms with Gasteiger partial charge in [-0.2, -0.15) is 4.31 Å². The Balaban J connectivity index is 2.26. The van der Waals surface area contributed by atoms with Crippen molar-refractivity contribution in [3.05, 3.63) is 12.4 Å². The van der Waals surface area contributed by atoms with Crippen LogP contribution < -0.4 is 11.1 Å². The summed E-state index contributed by atoms with van der Waals surface area (Å²) in [5.41, 5.74) is 5.18. The van der Waals surface area contributed by atoms with E-state index in [4.69, 9.17) is 5.73 Å². The van der Waals surface area contributed by atoms with Crippen LogP contribution in [0.25, 0.3) is 0 Å². The predicted octanol–water partition coefficient (Wildman–Crippen LogP) is -2.13. The van der Waals surface area contributed by atoms with E-state index >= 15 is 0 Å². The Morgan fingerprint density at radius 2 is 2.33 bits per heavy atom. The standard InChI is InChI=1S/C9H15N5O3S/c1-13-4-2-12-9(13)18(16,17)14-5-3-11-7(6-14)8(10)15/h2,4,7,11H,3,5-6H2,1H3,(H2,10,15). The van der Waals surface area contributed by atoms with E-state index in [0.717, 1.165) is 0 Å². The summed E-state index contributed by atoms with van der Waals surface area (Å²) in [7, 11) is -2.07. The first-order valence-corrected chi connectivity index (χ1v) is 6.87. The number of aromatic nitrogens is 2. The molecular formula is C9H15N5O3S. The number of nitrogens with one attached hydrogen (secondary N) is 1. The van der Waals surface area contributed by atoms with Crippen LogP contribution in [0.15, 0.2) is 17.6 Å². The van der Waals surface area contributed by atoms with Crippen LogP contribution in [0.2, 0.25) is 0 Å². The number of carbonyl (C=O) groups excluding carboxylic acids is 1. The van der Waals surface area contributed by atoms with Gasteiger partial charge in [-0.1, -0.05) is 0 Å². The second-order valence-electron chi connectivity index (χ2n) is 4.09. The summed E-state index contributed by atoms with van der Waals surface area (Å²) < 4.78 is 27.3. The van der Waals surface area contributed by atoms with Crippen LogP contribution >= 0.6 is 0 Å². The van der Waals surface area contributed by atoms with E-state index in [9.17, 15) is 13.2 Å². The lowest BCUT2D eigenvalue weighted by Gasteiger charge is -2.30. The number of aryl methyl sites for hydroxylation is 1. The first-order chi connectivity index (χ1) is 8.43. The molecule has 8 nitrogen and oxygen atoms in total. The number of nitrogens with two attached hydrogens (primary N) is 1. The second-order valence-corrected chi connectivity index (χ2v) is 5.92. The summed E-state index contributed by atoms with van der Waals surface area (Å²) in [4.78, 5) is 14.9. The Bertz CT molecular complexity index is 552. The van der Waals surface area contributed by atoms with Gasteiger partial charge in [0.25, 0.3) is 10.0 Å². The molecule has 0 spiro atoms. The number of primary amides is 1. The molecule has 3 N–H and O–H groups in total. The van der Waals surface area contributed by atoms with Crippen LogP contribution in [-0.4, -0.2) is 53.9 Å². The van der Waals surface area contributed by atoms with Crippen molar-refractivity contribution in [1.82, 2.24) is 19.2 Å². The Hall–Kier alpha value is -1.45. The maximum Gasteiger partial charge on any atom is 0.277 e. The van der Waals surface area contributed by atoms with Crippen LogP contribution in [-0.2, 0) is 21.9 Å². The van der Waals surface area contributed by atoms with Gasteiger partial charge >= 0.3 is 0 Å². The molecule has 1 unspecified atom stereocenters. The van der Waals surface area contributed by atoms with Crippen LogP contribution in [0.4, 0.5) is 0 Å². The summed E-state index contributed by atoms with van der Waals surface area (Å²) in [6.07, 6.45) is 2.97. The molecule has 9 heteroatoms. The molecule has 1 aliphatic heterocycles. The van der Waals surface area contributed by atoms with Crippen molar-refractivity contribution in [2.45, 2.75) is 11.2 Å². The number of amides is 1. The topological polar surface area (TPSA) is 110 Å². The lowest BCUT2D eigenvalue weighted by Crippen LogP contribution is -2.57. The molecule has 0 aromatic carbocycles. The molecular weight excluding hydrogens is 258 g/mol. The molecule has 2 rings (SSSR count). The highest BCUT2D eigenvalue weighted by molar-refractivity contribution is 7.89. The molecule has 1 aromatic heterocycles. The van der Waals surface area contributed by atoms with Crippen molar-refractivity contribution in [3.8, 4) is 0 Å². The zero-order chi connectivity index (χ0) is 13.3. The van der Waals surface area contributed by atoms with Crippen LogP contribution in [0.5, 0.6) is 0 Å². The summed E-state index contributed by atoms with van der Waals surface area (Å²) >= 11 is 0. The molecule has 1 amide bonds. The number of hydrogen-bond donors (Lipinski definition) is 2. The van der Waals surface area contributed by atoms with Crippen LogP contribution in [0.1, 0.15) is 0 Å². The minimum absolute atomic E-state index is 0.0323. The number of carbonyl (C=O) groups is 1. The van der Waals surface area contributed by atoms with Crippen molar-refractivity contribution in [2.24, 2.45) is 12.8 Å². The lowest BCUT2D eigenvalue weighted by atomic mass is 10.2. The highest BCUT2D eigenvalue weighted by atomic mass is 32.2. The molecule has 0 saturated carbocycles. The molecule has 1 saturated heterocycles. The van der Waals surface area contributed by atoms with Crippen LogP contribution in [0, 0.1) is 0 Å². The van der Waals surface area contributed by atoms with E-state index in [2.05, 4.69) is 10.3 Å². The molecule has 0 radical (unpaired) electrons. The highest BCUT2D eigenvalue weighted by Gasteiger charge is 2.34. The van der Waals surface area contributed by atoms with Gasteiger partial charge in [0.05, 0.1) is 0 Å². The van der Waals surface area contributed by atoms with Gasteiger partial charge in [-0.15, -0.1) is 0 Å². The lowest BCUT2D eigenvalue weighted by molar-refractivity contribution is -0.120. The Labute approximate surface area is 105 Å². The monoisotopic (exact) mass is 273 g/mol. The third-order valence-electron chi connectivity index (χ3n) is 2.83. The van der Waals surface area contributed by atoms with Crippen molar-refractivity contribution in [3.63, 3.8) is 0 Å². The molecule has 1 atom stereocenters. The van der Waals surface area contributed by atoms with Gasteiger partial charge in [0.1, 0.15) is 6.04 Å². The molecule has 0 bridgehead atoms. The fourth-order valence-electron chi connectivity index (χ4n) is 1.85. The maximum absolute atomic E-state index is 12.3. The third kappa shape index (κ3) is 2.24. The molecule has 1 aromatic rings. The van der Waals surface area contributed by atoms with Crippen molar-refractivity contribution >= 4 is 15.9 Å². The van der Waals surface area contributed by atoms with Gasteiger partial charge in [0.15, 0.2) is 0 Å². The zero-order valence-corrected chi connectivity index (χ0v) is 10.7. The first kappa shape index (κ1) is 13.0. The predicted molar refractivity (Wildman–Crippen MR) is 63.0 cm³/mol. The molecule has 100 valence electrons. The van der Waals surface area contributed by atoms with E-state index in [1.165, 1.54) is 15.1 Å². The quantitative estimate of drug-likeness (QED) is 0.653. The van der Waals surface area contributed by atoms with Crippen molar-refractivity contribution in [1.29, 1.82) is 0 Å². The van der Waals surface area contributed by atoms with Gasteiger partial charge in [0.2, 0.25) is 11.1 Å². The molecule has 1 fully saturated rings. The zero-order valence-electron chi connectivity index (χ0n) is 9.91. The molecule has 2 heterocycles.